The molecular formula is C11H13F2NO. The summed E-state index contributed by atoms with van der Waals surface area (Å²) >= 11 is 0. The van der Waals surface area contributed by atoms with E-state index in [0.717, 1.165) is 5.56 Å². The summed E-state index contributed by atoms with van der Waals surface area (Å²) in [6, 6.07) is 6.68. The van der Waals surface area contributed by atoms with Crippen LogP contribution in [0.4, 0.5) is 8.78 Å². The van der Waals surface area contributed by atoms with Gasteiger partial charge >= 0.3 is 0 Å². The average molecular weight is 213 g/mol. The van der Waals surface area contributed by atoms with E-state index in [1.54, 1.807) is 12.1 Å². The maximum atomic E-state index is 12.8. The van der Waals surface area contributed by atoms with Crippen LogP contribution in [-0.2, 0) is 0 Å². The van der Waals surface area contributed by atoms with Gasteiger partial charge in [0, 0.05) is 18.0 Å². The lowest BCUT2D eigenvalue weighted by Crippen LogP contribution is -2.46. The molecular weight excluding hydrogens is 200 g/mol. The lowest BCUT2D eigenvalue weighted by molar-refractivity contribution is -0.0808. The van der Waals surface area contributed by atoms with Crippen molar-refractivity contribution in [2.45, 2.75) is 31.4 Å². The molecule has 0 spiro atoms. The van der Waals surface area contributed by atoms with Crippen molar-refractivity contribution in [3.8, 4) is 5.75 Å². The monoisotopic (exact) mass is 213 g/mol. The van der Waals surface area contributed by atoms with Gasteiger partial charge in [0.05, 0.1) is 0 Å². The van der Waals surface area contributed by atoms with Gasteiger partial charge in [-0.2, -0.15) is 0 Å². The van der Waals surface area contributed by atoms with Crippen LogP contribution in [-0.4, -0.2) is 12.0 Å². The van der Waals surface area contributed by atoms with Crippen LogP contribution in [0.2, 0.25) is 0 Å². The van der Waals surface area contributed by atoms with Gasteiger partial charge in [-0.05, 0) is 13.0 Å². The van der Waals surface area contributed by atoms with Crippen molar-refractivity contribution in [2.24, 2.45) is 5.73 Å². The molecule has 0 bridgehead atoms. The number of fused-ring (bicyclic) bond motifs is 1. The molecule has 82 valence electrons. The Hall–Kier alpha value is -1.16. The smallest absolute Gasteiger partial charge is 0.277 e. The summed E-state index contributed by atoms with van der Waals surface area (Å²) in [5.41, 5.74) is 5.18. The van der Waals surface area contributed by atoms with E-state index in [2.05, 4.69) is 0 Å². The molecule has 0 radical (unpaired) electrons. The summed E-state index contributed by atoms with van der Waals surface area (Å²) in [7, 11) is 0. The number of hydrogen-bond acceptors (Lipinski definition) is 2. The molecule has 0 unspecified atom stereocenters. The molecule has 2 rings (SSSR count). The zero-order chi connectivity index (χ0) is 11.1. The second kappa shape index (κ2) is 3.45. The zero-order valence-corrected chi connectivity index (χ0v) is 8.41. The summed E-state index contributed by atoms with van der Waals surface area (Å²) in [5, 5.41) is 0. The van der Waals surface area contributed by atoms with Crippen molar-refractivity contribution in [3.05, 3.63) is 29.8 Å². The first-order valence-corrected chi connectivity index (χ1v) is 4.84. The van der Waals surface area contributed by atoms with Gasteiger partial charge in [0.1, 0.15) is 5.75 Å². The van der Waals surface area contributed by atoms with Crippen LogP contribution >= 0.6 is 0 Å². The van der Waals surface area contributed by atoms with E-state index in [1.807, 2.05) is 12.1 Å². The van der Waals surface area contributed by atoms with E-state index in [1.165, 1.54) is 6.92 Å². The van der Waals surface area contributed by atoms with Crippen LogP contribution in [0.1, 0.15) is 24.9 Å². The number of para-hydroxylation sites is 1. The maximum Gasteiger partial charge on any atom is 0.277 e. The van der Waals surface area contributed by atoms with Crippen molar-refractivity contribution >= 4 is 0 Å². The summed E-state index contributed by atoms with van der Waals surface area (Å²) < 4.78 is 30.9. The van der Waals surface area contributed by atoms with Crippen molar-refractivity contribution in [3.63, 3.8) is 0 Å². The van der Waals surface area contributed by atoms with Crippen LogP contribution in [0.5, 0.6) is 5.75 Å². The molecule has 1 aromatic rings. The minimum absolute atomic E-state index is 0.141. The Morgan fingerprint density at radius 1 is 1.47 bits per heavy atom. The Balaban J connectivity index is 2.38. The SMILES string of the molecule is C[C@@]1(C(F)F)C[C@@H](N)c2ccccc2O1. The molecule has 1 aliphatic heterocycles. The molecule has 4 heteroatoms. The number of halogens is 2. The summed E-state index contributed by atoms with van der Waals surface area (Å²) in [6.07, 6.45) is -2.39. The van der Waals surface area contributed by atoms with E-state index >= 15 is 0 Å². The van der Waals surface area contributed by atoms with E-state index < -0.39 is 12.0 Å². The predicted octanol–water partition coefficient (Wildman–Crippen LogP) is 2.49. The predicted molar refractivity (Wildman–Crippen MR) is 53.0 cm³/mol. The van der Waals surface area contributed by atoms with Crippen molar-refractivity contribution in [2.75, 3.05) is 0 Å². The Bertz CT molecular complexity index is 369. The third-order valence-electron chi connectivity index (χ3n) is 2.75. The number of nitrogens with two attached hydrogens (primary N) is 1. The quantitative estimate of drug-likeness (QED) is 0.777. The van der Waals surface area contributed by atoms with Crippen LogP contribution in [0.25, 0.3) is 0 Å². The Kier molecular flexibility index (Phi) is 2.38. The van der Waals surface area contributed by atoms with Gasteiger partial charge < -0.3 is 10.5 Å². The topological polar surface area (TPSA) is 35.2 Å². The third-order valence-corrected chi connectivity index (χ3v) is 2.75. The second-order valence-electron chi connectivity index (χ2n) is 4.06. The fraction of sp³-hybridized carbons (Fsp3) is 0.455. The first kappa shape index (κ1) is 10.4. The highest BCUT2D eigenvalue weighted by Gasteiger charge is 2.43. The van der Waals surface area contributed by atoms with Gasteiger partial charge in [-0.25, -0.2) is 8.78 Å². The number of ether oxygens (including phenoxy) is 1. The normalized spacial score (nSPS) is 29.8. The molecule has 1 aliphatic rings. The Morgan fingerprint density at radius 2 is 2.13 bits per heavy atom. The maximum absolute atomic E-state index is 12.8. The van der Waals surface area contributed by atoms with Crippen LogP contribution in [0, 0.1) is 0 Å². The lowest BCUT2D eigenvalue weighted by Gasteiger charge is -2.37. The Labute approximate surface area is 87.0 Å². The molecule has 0 fully saturated rings. The highest BCUT2D eigenvalue weighted by Crippen LogP contribution is 2.40. The van der Waals surface area contributed by atoms with Crippen molar-refractivity contribution in [1.82, 2.24) is 0 Å². The first-order chi connectivity index (χ1) is 7.03. The number of benzene rings is 1. The minimum atomic E-state index is -2.53. The van der Waals surface area contributed by atoms with Crippen molar-refractivity contribution in [1.29, 1.82) is 0 Å². The van der Waals surface area contributed by atoms with Gasteiger partial charge in [0.15, 0.2) is 5.60 Å². The second-order valence-corrected chi connectivity index (χ2v) is 4.06. The molecule has 0 amide bonds. The minimum Gasteiger partial charge on any atom is -0.481 e. The molecule has 0 aromatic heterocycles. The lowest BCUT2D eigenvalue weighted by atomic mass is 9.89. The van der Waals surface area contributed by atoms with Crippen LogP contribution < -0.4 is 10.5 Å². The summed E-state index contributed by atoms with van der Waals surface area (Å²) in [4.78, 5) is 0. The van der Waals surface area contributed by atoms with E-state index in [0.29, 0.717) is 5.75 Å². The van der Waals surface area contributed by atoms with E-state index in [4.69, 9.17) is 10.5 Å². The molecule has 2 nitrogen and oxygen atoms in total. The zero-order valence-electron chi connectivity index (χ0n) is 8.41. The number of rotatable bonds is 1. The summed E-state index contributed by atoms with van der Waals surface area (Å²) in [6.45, 7) is 1.40. The van der Waals surface area contributed by atoms with Gasteiger partial charge in [-0.1, -0.05) is 18.2 Å². The van der Waals surface area contributed by atoms with Crippen LogP contribution in [0.3, 0.4) is 0 Å². The third kappa shape index (κ3) is 1.69. The molecule has 15 heavy (non-hydrogen) atoms. The highest BCUT2D eigenvalue weighted by molar-refractivity contribution is 5.38. The first-order valence-electron chi connectivity index (χ1n) is 4.84. The molecule has 2 N–H and O–H groups in total. The summed E-state index contributed by atoms with van der Waals surface area (Å²) in [5.74, 6) is 0.471. The molecule has 0 saturated carbocycles. The molecule has 0 saturated heterocycles. The van der Waals surface area contributed by atoms with Gasteiger partial charge in [-0.3, -0.25) is 0 Å². The standard InChI is InChI=1S/C11H13F2NO/c1-11(10(12)13)6-8(14)7-4-2-3-5-9(7)15-11/h2-5,8,10H,6,14H2,1H3/t8-,11+/m1/s1. The van der Waals surface area contributed by atoms with Crippen LogP contribution in [0.15, 0.2) is 24.3 Å². The number of hydrogen-bond donors (Lipinski definition) is 1. The van der Waals surface area contributed by atoms with E-state index in [-0.39, 0.29) is 12.5 Å². The molecule has 2 atom stereocenters. The van der Waals surface area contributed by atoms with E-state index in [9.17, 15) is 8.78 Å². The fourth-order valence-electron chi connectivity index (χ4n) is 1.85. The van der Waals surface area contributed by atoms with Crippen molar-refractivity contribution < 1.29 is 13.5 Å². The molecule has 1 heterocycles. The Morgan fingerprint density at radius 3 is 2.80 bits per heavy atom. The molecule has 1 aromatic carbocycles. The van der Waals surface area contributed by atoms with Gasteiger partial charge in [-0.15, -0.1) is 0 Å². The van der Waals surface area contributed by atoms with Gasteiger partial charge in [0.2, 0.25) is 0 Å². The largest absolute Gasteiger partial charge is 0.481 e. The number of alkyl halides is 2. The van der Waals surface area contributed by atoms with Gasteiger partial charge in [0.25, 0.3) is 6.43 Å². The highest BCUT2D eigenvalue weighted by atomic mass is 19.3. The average Bonchev–Trinajstić information content (AvgIpc) is 2.17. The fourth-order valence-corrected chi connectivity index (χ4v) is 1.85. The molecule has 0 aliphatic carbocycles.